The van der Waals surface area contributed by atoms with Gasteiger partial charge in [0.1, 0.15) is 0 Å². The highest BCUT2D eigenvalue weighted by molar-refractivity contribution is 9.09. The number of carbonyl (C=O) groups is 1. The smallest absolute Gasteiger partial charge is 0.303 e. The lowest BCUT2D eigenvalue weighted by molar-refractivity contribution is -0.152. The fraction of sp³-hybridized carbons (Fsp3) is 0.387. The lowest BCUT2D eigenvalue weighted by atomic mass is 10.2. The molecule has 4 atom stereocenters. The number of esters is 1. The predicted octanol–water partition coefficient (Wildman–Crippen LogP) is 3.51. The number of hydrogen-bond acceptors (Lipinski definition) is 8. The Morgan fingerprint density at radius 3 is 2.30 bits per heavy atom. The summed E-state index contributed by atoms with van der Waals surface area (Å²) in [5, 5.41) is 2.05. The van der Waals surface area contributed by atoms with Crippen LogP contribution in [0.25, 0.3) is 11.2 Å². The largest absolute Gasteiger partial charge is 0.456 e. The van der Waals surface area contributed by atoms with E-state index in [4.69, 9.17) is 13.9 Å². The van der Waals surface area contributed by atoms with Gasteiger partial charge in [-0.3, -0.25) is 19.1 Å². The van der Waals surface area contributed by atoms with Gasteiger partial charge in [0.25, 0.3) is 13.9 Å². The summed E-state index contributed by atoms with van der Waals surface area (Å²) < 4.78 is 21.1. The van der Waals surface area contributed by atoms with Crippen LogP contribution >= 0.6 is 15.9 Å². The van der Waals surface area contributed by atoms with Gasteiger partial charge in [-0.1, -0.05) is 97.4 Å². The molecule has 1 saturated heterocycles. The van der Waals surface area contributed by atoms with E-state index in [0.29, 0.717) is 0 Å². The summed E-state index contributed by atoms with van der Waals surface area (Å²) in [7, 11) is 0.751. The van der Waals surface area contributed by atoms with Gasteiger partial charge in [-0.15, -0.1) is 0 Å². The van der Waals surface area contributed by atoms with Gasteiger partial charge < -0.3 is 18.8 Å². The summed E-state index contributed by atoms with van der Waals surface area (Å²) in [6.45, 7) is 8.20. The first-order valence-electron chi connectivity index (χ1n) is 14.3. The van der Waals surface area contributed by atoms with Crippen molar-refractivity contribution >= 4 is 64.0 Å². The molecule has 0 saturated carbocycles. The third kappa shape index (κ3) is 6.14. The predicted molar refractivity (Wildman–Crippen MR) is 176 cm³/mol. The average Bonchev–Trinajstić information content (AvgIpc) is 3.53. The molecule has 1 aliphatic rings. The SMILES string of the molecule is CC(=O)OC1C(Br)C(CO[Si](c2ccccc2)(c2ccccc2)C(C)(C)C)OC1n1cnc2c(=O)[nH]c(/N=C/N(C)C)nc21. The molecule has 4 aromatic rings. The number of aliphatic imine (C=N–C) groups is 1. The standard InChI is InChI=1S/C31H37BrN6O5Si/c1-20(39)42-26-24(32)23(43-29(26)38-19-33-25-27(38)35-30(36-28(25)40)34-18-37(5)6)17-41-44(31(2,3)4,21-13-9-7-10-14-21)22-15-11-8-12-16-22/h7-16,18-19,23-24,26,29H,17H2,1-6H3,(H,35,36,40)/b34-18+. The third-order valence-electron chi connectivity index (χ3n) is 7.55. The number of ether oxygens (including phenoxy) is 2. The number of halogens is 1. The molecule has 5 rings (SSSR count). The molecule has 13 heteroatoms. The van der Waals surface area contributed by atoms with Gasteiger partial charge in [-0.05, 0) is 15.4 Å². The number of H-pyrrole nitrogens is 1. The van der Waals surface area contributed by atoms with Crippen LogP contribution in [-0.4, -0.2) is 82.8 Å². The van der Waals surface area contributed by atoms with Crippen molar-refractivity contribution in [3.63, 3.8) is 0 Å². The number of fused-ring (bicyclic) bond motifs is 1. The zero-order chi connectivity index (χ0) is 31.6. The Bertz CT molecular complexity index is 1650. The molecule has 4 unspecified atom stereocenters. The number of aromatic amines is 1. The topological polar surface area (TPSA) is 124 Å². The number of hydrogen-bond donors (Lipinski definition) is 1. The summed E-state index contributed by atoms with van der Waals surface area (Å²) in [6, 6.07) is 20.7. The molecule has 11 nitrogen and oxygen atoms in total. The van der Waals surface area contributed by atoms with E-state index in [0.717, 1.165) is 10.4 Å². The van der Waals surface area contributed by atoms with Crippen LogP contribution in [-0.2, 0) is 18.7 Å². The molecule has 44 heavy (non-hydrogen) atoms. The Balaban J connectivity index is 1.53. The number of nitrogens with zero attached hydrogens (tertiary/aromatic N) is 5. The lowest BCUT2D eigenvalue weighted by Gasteiger charge is -2.43. The van der Waals surface area contributed by atoms with Crippen molar-refractivity contribution in [2.75, 3.05) is 20.7 Å². The summed E-state index contributed by atoms with van der Waals surface area (Å²) in [5.74, 6) is -0.352. The first kappa shape index (κ1) is 31.8. The number of nitrogens with one attached hydrogen (secondary N) is 1. The van der Waals surface area contributed by atoms with E-state index < -0.39 is 43.1 Å². The van der Waals surface area contributed by atoms with Crippen LogP contribution in [0.3, 0.4) is 0 Å². The highest BCUT2D eigenvalue weighted by Crippen LogP contribution is 2.40. The van der Waals surface area contributed by atoms with Crippen molar-refractivity contribution in [2.45, 2.75) is 56.0 Å². The second-order valence-electron chi connectivity index (χ2n) is 12.0. The number of aromatic nitrogens is 4. The Hall–Kier alpha value is -3.65. The van der Waals surface area contributed by atoms with Crippen molar-refractivity contribution in [1.29, 1.82) is 0 Å². The van der Waals surface area contributed by atoms with Gasteiger partial charge in [0.2, 0.25) is 5.95 Å². The van der Waals surface area contributed by atoms with Crippen LogP contribution in [0.2, 0.25) is 5.04 Å². The normalized spacial score (nSPS) is 20.8. The molecular formula is C31H37BrN6O5Si. The van der Waals surface area contributed by atoms with E-state index >= 15 is 0 Å². The summed E-state index contributed by atoms with van der Waals surface area (Å²) >= 11 is 3.77. The minimum atomic E-state index is -2.87. The van der Waals surface area contributed by atoms with Crippen LogP contribution in [0.5, 0.6) is 0 Å². The Kier molecular flexibility index (Phi) is 9.21. The Morgan fingerprint density at radius 2 is 1.75 bits per heavy atom. The Labute approximate surface area is 265 Å². The minimum Gasteiger partial charge on any atom is -0.456 e. The van der Waals surface area contributed by atoms with Crippen molar-refractivity contribution in [3.05, 3.63) is 77.3 Å². The maximum atomic E-state index is 12.8. The number of benzene rings is 2. The monoisotopic (exact) mass is 680 g/mol. The van der Waals surface area contributed by atoms with E-state index in [2.05, 4.69) is 80.9 Å². The maximum Gasteiger partial charge on any atom is 0.303 e. The van der Waals surface area contributed by atoms with Gasteiger partial charge in [0.15, 0.2) is 23.5 Å². The molecular weight excluding hydrogens is 644 g/mol. The molecule has 2 aromatic heterocycles. The molecule has 0 spiro atoms. The summed E-state index contributed by atoms with van der Waals surface area (Å²) in [5.41, 5.74) is -0.0594. The summed E-state index contributed by atoms with van der Waals surface area (Å²) in [4.78, 5) is 42.1. The first-order valence-corrected chi connectivity index (χ1v) is 17.1. The van der Waals surface area contributed by atoms with E-state index in [1.54, 1.807) is 9.47 Å². The number of carbonyl (C=O) groups excluding carboxylic acids is 1. The minimum absolute atomic E-state index is 0.113. The van der Waals surface area contributed by atoms with Crippen molar-refractivity contribution in [3.8, 4) is 0 Å². The fourth-order valence-corrected chi connectivity index (χ4v) is 10.9. The first-order chi connectivity index (χ1) is 20.9. The van der Waals surface area contributed by atoms with Crippen LogP contribution in [0.15, 0.2) is 76.8 Å². The van der Waals surface area contributed by atoms with E-state index in [1.807, 2.05) is 50.5 Å². The van der Waals surface area contributed by atoms with Gasteiger partial charge in [0.05, 0.1) is 30.2 Å². The van der Waals surface area contributed by atoms with Crippen LogP contribution in [0.4, 0.5) is 5.95 Å². The molecule has 3 heterocycles. The molecule has 0 amide bonds. The second kappa shape index (κ2) is 12.8. The molecule has 1 N–H and O–H groups in total. The molecule has 0 radical (unpaired) electrons. The molecule has 0 bridgehead atoms. The summed E-state index contributed by atoms with van der Waals surface area (Å²) in [6.07, 6.45) is 0.898. The molecule has 2 aromatic carbocycles. The average molecular weight is 682 g/mol. The van der Waals surface area contributed by atoms with Crippen LogP contribution in [0, 0.1) is 0 Å². The second-order valence-corrected chi connectivity index (χ2v) is 17.3. The highest BCUT2D eigenvalue weighted by Gasteiger charge is 2.53. The number of rotatable bonds is 9. The highest BCUT2D eigenvalue weighted by atomic mass is 79.9. The number of alkyl halides is 1. The van der Waals surface area contributed by atoms with Crippen LogP contribution < -0.4 is 15.9 Å². The van der Waals surface area contributed by atoms with Crippen molar-refractivity contribution in [1.82, 2.24) is 24.4 Å². The van der Waals surface area contributed by atoms with Gasteiger partial charge >= 0.3 is 5.97 Å². The zero-order valence-electron chi connectivity index (χ0n) is 25.6. The fourth-order valence-electron chi connectivity index (χ4n) is 5.67. The van der Waals surface area contributed by atoms with Gasteiger partial charge in [0, 0.05) is 21.0 Å². The molecule has 1 aliphatic heterocycles. The number of imidazole rings is 1. The molecule has 1 fully saturated rings. The van der Waals surface area contributed by atoms with Crippen molar-refractivity contribution in [2.24, 2.45) is 4.99 Å². The third-order valence-corrected chi connectivity index (χ3v) is 13.7. The molecule has 232 valence electrons. The van der Waals surface area contributed by atoms with E-state index in [1.165, 1.54) is 19.6 Å². The zero-order valence-corrected chi connectivity index (χ0v) is 28.2. The van der Waals surface area contributed by atoms with E-state index in [9.17, 15) is 9.59 Å². The van der Waals surface area contributed by atoms with Crippen LogP contribution in [0.1, 0.15) is 33.9 Å². The van der Waals surface area contributed by atoms with Gasteiger partial charge in [-0.2, -0.15) is 4.98 Å². The Morgan fingerprint density at radius 1 is 1.14 bits per heavy atom. The quantitative estimate of drug-likeness (QED) is 0.0937. The van der Waals surface area contributed by atoms with E-state index in [-0.39, 0.29) is 28.8 Å². The van der Waals surface area contributed by atoms with Gasteiger partial charge in [-0.25, -0.2) is 9.98 Å². The molecule has 0 aliphatic carbocycles. The maximum absolute atomic E-state index is 12.8. The van der Waals surface area contributed by atoms with Crippen molar-refractivity contribution < 1.29 is 18.7 Å². The lowest BCUT2D eigenvalue weighted by Crippen LogP contribution is -2.67.